The van der Waals surface area contributed by atoms with Crippen LogP contribution in [0, 0.1) is 5.82 Å². The standard InChI is InChI=1S/C25H18FN3O3/c26-19-9-3-1-7-16(19)13-28-14-18(17-8-2-5-11-21(17)28)24(31)25(32)29-15-23(30)27-20-10-4-6-12-22(20)29/h1-12,14H,13,15H2,(H,27,30). The molecule has 1 aliphatic rings. The fourth-order valence-corrected chi connectivity index (χ4v) is 4.02. The van der Waals surface area contributed by atoms with Crippen LogP contribution in [0.2, 0.25) is 0 Å². The zero-order valence-corrected chi connectivity index (χ0v) is 16.9. The second-order valence-corrected chi connectivity index (χ2v) is 7.56. The molecule has 7 heteroatoms. The number of nitrogens with zero attached hydrogens (tertiary/aromatic N) is 2. The molecule has 2 amide bonds. The third-order valence-electron chi connectivity index (χ3n) is 5.54. The highest BCUT2D eigenvalue weighted by atomic mass is 19.1. The van der Waals surface area contributed by atoms with Crippen molar-refractivity contribution in [2.45, 2.75) is 6.54 Å². The summed E-state index contributed by atoms with van der Waals surface area (Å²) in [6, 6.07) is 20.4. The van der Waals surface area contributed by atoms with E-state index < -0.39 is 11.7 Å². The van der Waals surface area contributed by atoms with Gasteiger partial charge in [0.25, 0.3) is 11.7 Å². The second-order valence-electron chi connectivity index (χ2n) is 7.56. The molecule has 4 aromatic rings. The molecule has 1 aliphatic heterocycles. The molecule has 2 heterocycles. The Kier molecular flexibility index (Phi) is 4.78. The number of ketones is 1. The van der Waals surface area contributed by atoms with Crippen molar-refractivity contribution < 1.29 is 18.8 Å². The van der Waals surface area contributed by atoms with E-state index in [1.54, 1.807) is 65.4 Å². The molecule has 1 N–H and O–H groups in total. The lowest BCUT2D eigenvalue weighted by molar-refractivity contribution is -0.119. The van der Waals surface area contributed by atoms with Crippen LogP contribution in [0.15, 0.2) is 79.0 Å². The molecular weight excluding hydrogens is 409 g/mol. The summed E-state index contributed by atoms with van der Waals surface area (Å²) in [6.07, 6.45) is 1.58. The van der Waals surface area contributed by atoms with E-state index in [-0.39, 0.29) is 30.4 Å². The van der Waals surface area contributed by atoms with Crippen LogP contribution in [0.4, 0.5) is 15.8 Å². The third kappa shape index (κ3) is 3.33. The van der Waals surface area contributed by atoms with E-state index in [0.29, 0.717) is 27.8 Å². The van der Waals surface area contributed by atoms with E-state index in [2.05, 4.69) is 5.32 Å². The molecule has 0 radical (unpaired) electrons. The number of amides is 2. The molecule has 0 spiro atoms. The van der Waals surface area contributed by atoms with Crippen LogP contribution in [0.5, 0.6) is 0 Å². The quantitative estimate of drug-likeness (QED) is 0.395. The van der Waals surface area contributed by atoms with Crippen molar-refractivity contribution in [3.63, 3.8) is 0 Å². The van der Waals surface area contributed by atoms with Crippen molar-refractivity contribution in [2.24, 2.45) is 0 Å². The molecule has 0 aliphatic carbocycles. The minimum Gasteiger partial charge on any atom is -0.342 e. The first-order valence-electron chi connectivity index (χ1n) is 10.1. The van der Waals surface area contributed by atoms with Crippen LogP contribution in [0.25, 0.3) is 10.9 Å². The summed E-state index contributed by atoms with van der Waals surface area (Å²) in [5.74, 6) is -2.23. The second kappa shape index (κ2) is 7.77. The van der Waals surface area contributed by atoms with Gasteiger partial charge in [-0.05, 0) is 24.3 Å². The van der Waals surface area contributed by atoms with Crippen LogP contribution in [-0.4, -0.2) is 28.7 Å². The predicted molar refractivity (Wildman–Crippen MR) is 119 cm³/mol. The number of halogens is 1. The molecule has 6 nitrogen and oxygen atoms in total. The predicted octanol–water partition coefficient (Wildman–Crippen LogP) is 4.00. The molecule has 0 fully saturated rings. The van der Waals surface area contributed by atoms with Gasteiger partial charge in [-0.3, -0.25) is 19.3 Å². The number of para-hydroxylation sites is 3. The first kappa shape index (κ1) is 19.7. The number of rotatable bonds is 4. The number of carbonyl (C=O) groups excluding carboxylic acids is 3. The highest BCUT2D eigenvalue weighted by molar-refractivity contribution is 6.49. The van der Waals surface area contributed by atoms with Crippen LogP contribution in [-0.2, 0) is 16.1 Å². The van der Waals surface area contributed by atoms with E-state index in [1.165, 1.54) is 11.0 Å². The Morgan fingerprint density at radius 2 is 1.66 bits per heavy atom. The highest BCUT2D eigenvalue weighted by Gasteiger charge is 2.32. The lowest BCUT2D eigenvalue weighted by Crippen LogP contribution is -2.45. The van der Waals surface area contributed by atoms with Gasteiger partial charge in [-0.15, -0.1) is 0 Å². The van der Waals surface area contributed by atoms with Crippen molar-refractivity contribution in [1.82, 2.24) is 4.57 Å². The largest absolute Gasteiger partial charge is 0.342 e. The Hall–Kier alpha value is -4.26. The molecule has 1 aromatic heterocycles. The Morgan fingerprint density at radius 3 is 2.50 bits per heavy atom. The third-order valence-corrected chi connectivity index (χ3v) is 5.54. The summed E-state index contributed by atoms with van der Waals surface area (Å²) in [7, 11) is 0. The molecule has 158 valence electrons. The number of benzene rings is 3. The lowest BCUT2D eigenvalue weighted by atomic mass is 10.1. The number of hydrogen-bond acceptors (Lipinski definition) is 3. The Labute approximate surface area is 182 Å². The van der Waals surface area contributed by atoms with Gasteiger partial charge in [0, 0.05) is 22.7 Å². The van der Waals surface area contributed by atoms with Gasteiger partial charge >= 0.3 is 0 Å². The van der Waals surface area contributed by atoms with Gasteiger partial charge in [0.2, 0.25) is 5.91 Å². The number of hydrogen-bond donors (Lipinski definition) is 1. The van der Waals surface area contributed by atoms with Crippen molar-refractivity contribution in [3.05, 3.63) is 95.9 Å². The average Bonchev–Trinajstić information content (AvgIpc) is 3.17. The normalized spacial score (nSPS) is 13.0. The molecule has 0 unspecified atom stereocenters. The highest BCUT2D eigenvalue weighted by Crippen LogP contribution is 2.30. The first-order valence-corrected chi connectivity index (χ1v) is 10.1. The zero-order chi connectivity index (χ0) is 22.2. The van der Waals surface area contributed by atoms with Gasteiger partial charge in [0.05, 0.1) is 23.5 Å². The summed E-state index contributed by atoms with van der Waals surface area (Å²) >= 11 is 0. The maximum atomic E-state index is 14.2. The van der Waals surface area contributed by atoms with Crippen LogP contribution in [0.3, 0.4) is 0 Å². The fraction of sp³-hybridized carbons (Fsp3) is 0.0800. The van der Waals surface area contributed by atoms with E-state index in [4.69, 9.17) is 0 Å². The van der Waals surface area contributed by atoms with Gasteiger partial charge in [0.15, 0.2) is 0 Å². The van der Waals surface area contributed by atoms with Gasteiger partial charge < -0.3 is 9.88 Å². The fourth-order valence-electron chi connectivity index (χ4n) is 4.02. The Morgan fingerprint density at radius 1 is 0.938 bits per heavy atom. The summed E-state index contributed by atoms with van der Waals surface area (Å²) in [5.41, 5.74) is 2.35. The van der Waals surface area contributed by atoms with Crippen LogP contribution in [0.1, 0.15) is 15.9 Å². The monoisotopic (exact) mass is 427 g/mol. The number of carbonyl (C=O) groups is 3. The average molecular weight is 427 g/mol. The van der Waals surface area contributed by atoms with Gasteiger partial charge in [-0.25, -0.2) is 4.39 Å². The van der Waals surface area contributed by atoms with Gasteiger partial charge in [-0.1, -0.05) is 48.5 Å². The van der Waals surface area contributed by atoms with Crippen LogP contribution >= 0.6 is 0 Å². The van der Waals surface area contributed by atoms with Gasteiger partial charge in [0.1, 0.15) is 12.4 Å². The Balaban J connectivity index is 1.54. The maximum absolute atomic E-state index is 14.2. The van der Waals surface area contributed by atoms with Crippen molar-refractivity contribution in [3.8, 4) is 0 Å². The molecule has 0 saturated heterocycles. The molecule has 0 atom stereocenters. The van der Waals surface area contributed by atoms with E-state index >= 15 is 0 Å². The van der Waals surface area contributed by atoms with Crippen LogP contribution < -0.4 is 10.2 Å². The van der Waals surface area contributed by atoms with E-state index in [1.807, 2.05) is 12.1 Å². The molecule has 3 aromatic carbocycles. The maximum Gasteiger partial charge on any atom is 0.300 e. The lowest BCUT2D eigenvalue weighted by Gasteiger charge is -2.28. The summed E-state index contributed by atoms with van der Waals surface area (Å²) in [5, 5.41) is 3.30. The van der Waals surface area contributed by atoms with Gasteiger partial charge in [-0.2, -0.15) is 0 Å². The smallest absolute Gasteiger partial charge is 0.300 e. The Bertz CT molecular complexity index is 1390. The minimum atomic E-state index is -0.791. The van der Waals surface area contributed by atoms with Crippen molar-refractivity contribution >= 4 is 39.9 Å². The molecule has 5 rings (SSSR count). The number of fused-ring (bicyclic) bond motifs is 2. The summed E-state index contributed by atoms with van der Waals surface area (Å²) in [4.78, 5) is 39.8. The summed E-state index contributed by atoms with van der Waals surface area (Å²) in [6.45, 7) is -0.0287. The number of aromatic nitrogens is 1. The topological polar surface area (TPSA) is 71.4 Å². The molecule has 0 bridgehead atoms. The van der Waals surface area contributed by atoms with E-state index in [0.717, 1.165) is 0 Å². The van der Waals surface area contributed by atoms with Crippen molar-refractivity contribution in [1.29, 1.82) is 0 Å². The summed E-state index contributed by atoms with van der Waals surface area (Å²) < 4.78 is 16.0. The first-order chi connectivity index (χ1) is 15.5. The van der Waals surface area contributed by atoms with E-state index in [9.17, 15) is 18.8 Å². The number of nitrogens with one attached hydrogen (secondary N) is 1. The molecular formula is C25H18FN3O3. The zero-order valence-electron chi connectivity index (χ0n) is 16.9. The molecule has 0 saturated carbocycles. The van der Waals surface area contributed by atoms with Crippen molar-refractivity contribution in [2.75, 3.05) is 16.8 Å². The SMILES string of the molecule is O=C1CN(C(=O)C(=O)c2cn(Cc3ccccc3F)c3ccccc23)c2ccccc2N1. The number of Topliss-reactive ketones (excluding diaryl/α,β-unsaturated/α-hetero) is 1. The minimum absolute atomic E-state index is 0.212. The molecule has 32 heavy (non-hydrogen) atoms. The number of anilines is 2.